The number of allylic oxidation sites excluding steroid dienone is 8. The van der Waals surface area contributed by atoms with Crippen LogP contribution in [0.25, 0.3) is 0 Å². The molecule has 8 aliphatic carbocycles. The number of Topliss-reactive ketones (excluding diaryl/α,β-unsaturated/α-hetero) is 1. The van der Waals surface area contributed by atoms with E-state index in [-0.39, 0.29) is 69.0 Å². The van der Waals surface area contributed by atoms with E-state index in [0.717, 1.165) is 57.8 Å². The fourth-order valence-corrected chi connectivity index (χ4v) is 14.1. The molecule has 0 aromatic heterocycles. The Balaban J connectivity index is 0.000000152. The van der Waals surface area contributed by atoms with Gasteiger partial charge in [-0.2, -0.15) is 0 Å². The van der Waals surface area contributed by atoms with E-state index >= 15 is 0 Å². The summed E-state index contributed by atoms with van der Waals surface area (Å²) in [5.41, 5.74) is 2.01. The van der Waals surface area contributed by atoms with Crippen LogP contribution < -0.4 is 0 Å². The van der Waals surface area contributed by atoms with Crippen LogP contribution in [-0.4, -0.2) is 51.0 Å². The predicted molar refractivity (Wildman–Crippen MR) is 185 cm³/mol. The van der Waals surface area contributed by atoms with E-state index in [0.29, 0.717) is 36.0 Å². The summed E-state index contributed by atoms with van der Waals surface area (Å²) in [6.45, 7) is 12.6. The number of ketones is 3. The third-order valence-electron chi connectivity index (χ3n) is 16.1. The summed E-state index contributed by atoms with van der Waals surface area (Å²) in [6, 6.07) is 0. The first kappa shape index (κ1) is 34.3. The molecule has 6 heteroatoms. The van der Waals surface area contributed by atoms with Crippen LogP contribution in [0.4, 0.5) is 0 Å². The number of hydrogen-bond donors (Lipinski definition) is 3. The molecule has 6 nitrogen and oxygen atoms in total. The molecule has 8 aliphatic rings. The predicted octanol–water partition coefficient (Wildman–Crippen LogP) is 6.73. The minimum absolute atomic E-state index is 0.0422. The first-order valence-corrected chi connectivity index (χ1v) is 19.0. The molecular formula is C42H58O6. The molecule has 1 unspecified atom stereocenters. The SMILES string of the molecule is CC(=O)[C@H]1CC[C@H]2[C@@H]3CCC4=CC(=O)C=C[C@]4(C)[C@H]3[C@@H](O)C[C@]12C.CC(O)[C@H]1CC[C@H]2[C@@H]3CCC4=CC(=O)C=C[C@]4(C)[C@H]3[C@@H](O)C[C@]12C. The quantitative estimate of drug-likeness (QED) is 0.303. The maximum absolute atomic E-state index is 12.2. The Morgan fingerprint density at radius 3 is 1.67 bits per heavy atom. The molecule has 0 saturated heterocycles. The third-order valence-corrected chi connectivity index (χ3v) is 16.1. The molecule has 0 spiro atoms. The molecule has 8 rings (SSSR count). The van der Waals surface area contributed by atoms with Gasteiger partial charge >= 0.3 is 0 Å². The molecule has 0 aromatic carbocycles. The summed E-state index contributed by atoms with van der Waals surface area (Å²) in [5.74, 6) is 3.26. The van der Waals surface area contributed by atoms with Crippen LogP contribution in [0.2, 0.25) is 0 Å². The second kappa shape index (κ2) is 11.7. The number of rotatable bonds is 2. The monoisotopic (exact) mass is 658 g/mol. The van der Waals surface area contributed by atoms with Crippen molar-refractivity contribution < 1.29 is 29.7 Å². The molecule has 3 N–H and O–H groups in total. The highest BCUT2D eigenvalue weighted by atomic mass is 16.3. The van der Waals surface area contributed by atoms with E-state index in [1.165, 1.54) is 11.1 Å². The summed E-state index contributed by atoms with van der Waals surface area (Å²) in [7, 11) is 0. The van der Waals surface area contributed by atoms with Gasteiger partial charge in [-0.1, -0.05) is 51.0 Å². The summed E-state index contributed by atoms with van der Waals surface area (Å²) in [5, 5.41) is 32.6. The molecule has 0 bridgehead atoms. The molecule has 262 valence electrons. The van der Waals surface area contributed by atoms with Crippen LogP contribution in [0.15, 0.2) is 47.6 Å². The summed E-state index contributed by atoms with van der Waals surface area (Å²) in [6.07, 6.45) is 19.8. The standard InChI is InChI=1S/C21H30O3.C21H28O3/c2*1-12(22)16-6-7-17-15-5-4-13-10-14(23)8-9-20(13,2)19(15)18(24)11-21(16,17)3/h8-10,12,15-19,22,24H,4-7,11H2,1-3H3;8-10,15-19,24H,4-7,11H2,1-3H3/t12?,15-,16+,17-,18-,19+,20-,21+;15-,16+,17-,18-,19+,20-,21+/m00/s1. The van der Waals surface area contributed by atoms with E-state index in [1.54, 1.807) is 25.2 Å². The van der Waals surface area contributed by atoms with Gasteiger partial charge in [-0.15, -0.1) is 0 Å². The Kier molecular flexibility index (Phi) is 8.36. The van der Waals surface area contributed by atoms with Gasteiger partial charge in [0.25, 0.3) is 0 Å². The normalized spacial score (nSPS) is 50.7. The van der Waals surface area contributed by atoms with Crippen molar-refractivity contribution in [3.8, 4) is 0 Å². The first-order valence-electron chi connectivity index (χ1n) is 19.0. The number of aliphatic hydroxyl groups excluding tert-OH is 3. The Morgan fingerprint density at radius 2 is 1.19 bits per heavy atom. The van der Waals surface area contributed by atoms with Crippen molar-refractivity contribution in [3.05, 3.63) is 47.6 Å². The fourth-order valence-electron chi connectivity index (χ4n) is 14.1. The molecule has 0 amide bonds. The minimum atomic E-state index is -0.400. The van der Waals surface area contributed by atoms with Crippen molar-refractivity contribution >= 4 is 17.3 Å². The van der Waals surface area contributed by atoms with Gasteiger partial charge in [0.1, 0.15) is 5.78 Å². The molecule has 6 fully saturated rings. The zero-order chi connectivity index (χ0) is 34.6. The molecule has 0 aromatic rings. The van der Waals surface area contributed by atoms with Gasteiger partial charge < -0.3 is 15.3 Å². The number of aliphatic hydroxyl groups is 3. The molecule has 0 radical (unpaired) electrons. The Labute approximate surface area is 287 Å². The largest absolute Gasteiger partial charge is 0.393 e. The lowest BCUT2D eigenvalue weighted by atomic mass is 9.46. The van der Waals surface area contributed by atoms with Crippen LogP contribution >= 0.6 is 0 Å². The average Bonchev–Trinajstić information content (AvgIpc) is 3.54. The van der Waals surface area contributed by atoms with Crippen LogP contribution in [-0.2, 0) is 14.4 Å². The van der Waals surface area contributed by atoms with Crippen LogP contribution in [0.5, 0.6) is 0 Å². The lowest BCUT2D eigenvalue weighted by Gasteiger charge is -2.59. The topological polar surface area (TPSA) is 112 Å². The van der Waals surface area contributed by atoms with Crippen molar-refractivity contribution in [3.63, 3.8) is 0 Å². The van der Waals surface area contributed by atoms with Crippen molar-refractivity contribution in [2.24, 2.45) is 69.0 Å². The van der Waals surface area contributed by atoms with Crippen molar-refractivity contribution in [1.29, 1.82) is 0 Å². The average molecular weight is 659 g/mol. The molecule has 48 heavy (non-hydrogen) atoms. The smallest absolute Gasteiger partial charge is 0.178 e. The second-order valence-electron chi connectivity index (χ2n) is 18.3. The van der Waals surface area contributed by atoms with Gasteiger partial charge in [0.05, 0.1) is 18.3 Å². The Bertz CT molecular complexity index is 1500. The number of carbonyl (C=O) groups is 3. The van der Waals surface area contributed by atoms with Crippen molar-refractivity contribution in [2.45, 2.75) is 124 Å². The highest BCUT2D eigenvalue weighted by Crippen LogP contribution is 2.67. The van der Waals surface area contributed by atoms with Crippen molar-refractivity contribution in [1.82, 2.24) is 0 Å². The van der Waals surface area contributed by atoms with Gasteiger partial charge in [0.2, 0.25) is 0 Å². The van der Waals surface area contributed by atoms with E-state index in [9.17, 15) is 29.7 Å². The van der Waals surface area contributed by atoms with Gasteiger partial charge in [0, 0.05) is 28.6 Å². The molecular weight excluding hydrogens is 600 g/mol. The summed E-state index contributed by atoms with van der Waals surface area (Å²) >= 11 is 0. The van der Waals surface area contributed by atoms with Crippen LogP contribution in [0, 0.1) is 69.0 Å². The van der Waals surface area contributed by atoms with E-state index in [2.05, 4.69) is 33.8 Å². The van der Waals surface area contributed by atoms with Gasteiger partial charge in [-0.3, -0.25) is 14.4 Å². The number of hydrogen-bond acceptors (Lipinski definition) is 6. The highest BCUT2D eigenvalue weighted by molar-refractivity contribution is 6.01. The van der Waals surface area contributed by atoms with Crippen LogP contribution in [0.3, 0.4) is 0 Å². The third kappa shape index (κ3) is 4.93. The number of carbonyl (C=O) groups excluding carboxylic acids is 3. The van der Waals surface area contributed by atoms with Crippen LogP contribution in [0.1, 0.15) is 106 Å². The van der Waals surface area contributed by atoms with E-state index < -0.39 is 6.10 Å². The first-order chi connectivity index (χ1) is 22.5. The lowest BCUT2D eigenvalue weighted by molar-refractivity contribution is -0.137. The second-order valence-corrected chi connectivity index (χ2v) is 18.3. The van der Waals surface area contributed by atoms with E-state index in [4.69, 9.17) is 0 Å². The molecule has 6 saturated carbocycles. The molecule has 0 heterocycles. The maximum Gasteiger partial charge on any atom is 0.178 e. The van der Waals surface area contributed by atoms with Gasteiger partial charge in [-0.25, -0.2) is 0 Å². The highest BCUT2D eigenvalue weighted by Gasteiger charge is 2.63. The lowest BCUT2D eigenvalue weighted by Crippen LogP contribution is -2.56. The summed E-state index contributed by atoms with van der Waals surface area (Å²) in [4.78, 5) is 35.8. The maximum atomic E-state index is 12.2. The minimum Gasteiger partial charge on any atom is -0.393 e. The Morgan fingerprint density at radius 1 is 0.729 bits per heavy atom. The molecule has 0 aliphatic heterocycles. The number of fused-ring (bicyclic) bond motifs is 10. The van der Waals surface area contributed by atoms with Gasteiger partial charge in [0.15, 0.2) is 11.6 Å². The summed E-state index contributed by atoms with van der Waals surface area (Å²) < 4.78 is 0. The fraction of sp³-hybridized carbons (Fsp3) is 0.738. The Hall–Kier alpha value is -2.15. The molecule has 15 atom stereocenters. The zero-order valence-corrected chi connectivity index (χ0v) is 30.0. The zero-order valence-electron chi connectivity index (χ0n) is 30.0. The van der Waals surface area contributed by atoms with E-state index in [1.807, 2.05) is 19.1 Å². The van der Waals surface area contributed by atoms with Crippen molar-refractivity contribution in [2.75, 3.05) is 0 Å². The van der Waals surface area contributed by atoms with Gasteiger partial charge in [-0.05, 0) is 143 Å².